The van der Waals surface area contributed by atoms with Crippen molar-refractivity contribution in [3.63, 3.8) is 0 Å². The molecule has 1 rings (SSSR count). The normalized spacial score (nSPS) is 19.3. The highest BCUT2D eigenvalue weighted by Crippen LogP contribution is 2.26. The van der Waals surface area contributed by atoms with E-state index in [0.29, 0.717) is 10.8 Å². The van der Waals surface area contributed by atoms with Crippen molar-refractivity contribution in [2.45, 2.75) is 44.4 Å². The van der Waals surface area contributed by atoms with Crippen LogP contribution in [0.5, 0.6) is 0 Å². The number of hydrogen-bond donors (Lipinski definition) is 1. The first-order valence-electron chi connectivity index (χ1n) is 5.65. The van der Waals surface area contributed by atoms with Crippen LogP contribution in [0.3, 0.4) is 0 Å². The van der Waals surface area contributed by atoms with Crippen LogP contribution in [-0.2, 0) is 4.74 Å². The van der Waals surface area contributed by atoms with Gasteiger partial charge < -0.3 is 10.1 Å². The Bertz CT molecular complexity index is 220. The Balaban J connectivity index is 2.44. The van der Waals surface area contributed by atoms with E-state index >= 15 is 0 Å². The lowest BCUT2D eigenvalue weighted by Crippen LogP contribution is -2.32. The third-order valence-electron chi connectivity index (χ3n) is 2.44. The number of hydrogen-bond acceptors (Lipinski definition) is 3. The molecule has 0 aromatic rings. The zero-order valence-electron chi connectivity index (χ0n) is 10.3. The molecule has 1 aliphatic heterocycles. The quantitative estimate of drug-likeness (QED) is 0.801. The topological polar surface area (TPSA) is 21.3 Å². The Labute approximate surface area is 97.8 Å². The summed E-state index contributed by atoms with van der Waals surface area (Å²) in [7, 11) is 2.03. The molecule has 0 radical (unpaired) electrons. The van der Waals surface area contributed by atoms with Gasteiger partial charge in [0.25, 0.3) is 0 Å². The maximum atomic E-state index is 5.39. The lowest BCUT2D eigenvalue weighted by molar-refractivity contribution is 0.220. The molecule has 1 aliphatic rings. The van der Waals surface area contributed by atoms with Gasteiger partial charge >= 0.3 is 0 Å². The van der Waals surface area contributed by atoms with Crippen LogP contribution in [0.15, 0.2) is 11.8 Å². The highest BCUT2D eigenvalue weighted by molar-refractivity contribution is 8.00. The van der Waals surface area contributed by atoms with Crippen LogP contribution < -0.4 is 5.32 Å². The molecule has 1 N–H and O–H groups in total. The first-order valence-corrected chi connectivity index (χ1v) is 6.63. The number of thioether (sulfide) groups is 1. The second-order valence-corrected chi connectivity index (χ2v) is 6.78. The molecule has 3 heteroatoms. The van der Waals surface area contributed by atoms with E-state index in [1.54, 1.807) is 0 Å². The van der Waals surface area contributed by atoms with E-state index in [4.69, 9.17) is 4.74 Å². The molecule has 0 aliphatic carbocycles. The zero-order valence-corrected chi connectivity index (χ0v) is 11.1. The third kappa shape index (κ3) is 4.94. The van der Waals surface area contributed by atoms with E-state index in [-0.39, 0.29) is 0 Å². The number of rotatable bonds is 4. The van der Waals surface area contributed by atoms with Crippen LogP contribution in [0, 0.1) is 0 Å². The van der Waals surface area contributed by atoms with Gasteiger partial charge in [-0.25, -0.2) is 0 Å². The van der Waals surface area contributed by atoms with Gasteiger partial charge in [0.05, 0.1) is 12.9 Å². The van der Waals surface area contributed by atoms with Crippen LogP contribution in [0.4, 0.5) is 0 Å². The van der Waals surface area contributed by atoms with Gasteiger partial charge in [0.2, 0.25) is 0 Å². The predicted molar refractivity (Wildman–Crippen MR) is 68.3 cm³/mol. The van der Waals surface area contributed by atoms with Gasteiger partial charge in [-0.1, -0.05) is 20.8 Å². The molecule has 1 heterocycles. The Kier molecular flexibility index (Phi) is 5.00. The summed E-state index contributed by atoms with van der Waals surface area (Å²) in [5.74, 6) is 1.12. The second kappa shape index (κ2) is 5.80. The number of nitrogens with one attached hydrogen (secondary N) is 1. The summed E-state index contributed by atoms with van der Waals surface area (Å²) in [4.78, 5) is 0. The smallest absolute Gasteiger partial charge is 0.0876 e. The summed E-state index contributed by atoms with van der Waals surface area (Å²) < 4.78 is 5.72. The minimum Gasteiger partial charge on any atom is -0.501 e. The van der Waals surface area contributed by atoms with Gasteiger partial charge in [-0.2, -0.15) is 11.8 Å². The van der Waals surface area contributed by atoms with Crippen LogP contribution in [0.25, 0.3) is 0 Å². The van der Waals surface area contributed by atoms with E-state index < -0.39 is 0 Å². The van der Waals surface area contributed by atoms with E-state index in [2.05, 4.69) is 26.1 Å². The third-order valence-corrected chi connectivity index (χ3v) is 3.81. The predicted octanol–water partition coefficient (Wildman–Crippen LogP) is 2.80. The van der Waals surface area contributed by atoms with Crippen molar-refractivity contribution in [3.8, 4) is 0 Å². The molecule has 0 saturated carbocycles. The maximum Gasteiger partial charge on any atom is 0.0876 e. The van der Waals surface area contributed by atoms with Gasteiger partial charge in [0, 0.05) is 16.5 Å². The lowest BCUT2D eigenvalue weighted by atomic mass is 10.0. The van der Waals surface area contributed by atoms with Crippen LogP contribution in [-0.4, -0.2) is 30.2 Å². The summed E-state index contributed by atoms with van der Waals surface area (Å²) in [5.41, 5.74) is 1.42. The Hall–Kier alpha value is -0.150. The van der Waals surface area contributed by atoms with Gasteiger partial charge in [-0.3, -0.25) is 0 Å². The first-order chi connectivity index (χ1) is 7.03. The molecule has 0 aromatic heterocycles. The minimum atomic E-state index is 0.338. The highest BCUT2D eigenvalue weighted by Gasteiger charge is 2.19. The fraction of sp³-hybridized carbons (Fsp3) is 0.833. The Morgan fingerprint density at radius 1 is 1.53 bits per heavy atom. The molecule has 0 aromatic carbocycles. The molecule has 1 unspecified atom stereocenters. The molecule has 0 amide bonds. The van der Waals surface area contributed by atoms with E-state index in [1.807, 2.05) is 25.1 Å². The van der Waals surface area contributed by atoms with Crippen LogP contribution in [0.2, 0.25) is 0 Å². The minimum absolute atomic E-state index is 0.338. The fourth-order valence-corrected chi connectivity index (χ4v) is 2.60. The maximum absolute atomic E-state index is 5.39. The summed E-state index contributed by atoms with van der Waals surface area (Å²) in [6.07, 6.45) is 4.29. The summed E-state index contributed by atoms with van der Waals surface area (Å²) in [5, 5.41) is 3.38. The van der Waals surface area contributed by atoms with Crippen molar-refractivity contribution < 1.29 is 4.74 Å². The standard InChI is InChI=1S/C12H23NOS/c1-12(2,3)15-9-11(13-4)10-6-5-7-14-8-10/h8,11,13H,5-7,9H2,1-4H3. The highest BCUT2D eigenvalue weighted by atomic mass is 32.2. The van der Waals surface area contributed by atoms with Crippen molar-refractivity contribution >= 4 is 11.8 Å². The van der Waals surface area contributed by atoms with E-state index in [0.717, 1.165) is 18.8 Å². The molecular formula is C12H23NOS. The summed E-state index contributed by atoms with van der Waals surface area (Å²) >= 11 is 2.00. The summed E-state index contributed by atoms with van der Waals surface area (Å²) in [6.45, 7) is 7.66. The van der Waals surface area contributed by atoms with Gasteiger partial charge in [0.1, 0.15) is 0 Å². The van der Waals surface area contributed by atoms with Gasteiger partial charge in [0.15, 0.2) is 0 Å². The van der Waals surface area contributed by atoms with Crippen LogP contribution in [0.1, 0.15) is 33.6 Å². The van der Waals surface area contributed by atoms with E-state index in [1.165, 1.54) is 12.0 Å². The lowest BCUT2D eigenvalue weighted by Gasteiger charge is -2.26. The number of ether oxygens (including phenoxy) is 1. The first kappa shape index (κ1) is 12.9. The molecule has 0 saturated heterocycles. The molecule has 15 heavy (non-hydrogen) atoms. The number of likely N-dealkylation sites (N-methyl/N-ethyl adjacent to an activating group) is 1. The van der Waals surface area contributed by atoms with Gasteiger partial charge in [-0.05, 0) is 25.5 Å². The molecule has 2 nitrogen and oxygen atoms in total. The SMILES string of the molecule is CNC(CSC(C)(C)C)C1=COCCC1. The van der Waals surface area contributed by atoms with Crippen molar-refractivity contribution in [1.29, 1.82) is 0 Å². The fourth-order valence-electron chi connectivity index (χ4n) is 1.55. The van der Waals surface area contributed by atoms with Gasteiger partial charge in [-0.15, -0.1) is 0 Å². The molecular weight excluding hydrogens is 206 g/mol. The van der Waals surface area contributed by atoms with Crippen molar-refractivity contribution in [1.82, 2.24) is 5.32 Å². The Morgan fingerprint density at radius 2 is 2.27 bits per heavy atom. The van der Waals surface area contributed by atoms with Crippen molar-refractivity contribution in [2.75, 3.05) is 19.4 Å². The molecule has 0 bridgehead atoms. The zero-order chi connectivity index (χ0) is 11.3. The molecule has 0 fully saturated rings. The molecule has 0 spiro atoms. The average Bonchev–Trinajstić information content (AvgIpc) is 2.19. The van der Waals surface area contributed by atoms with Crippen molar-refractivity contribution in [2.24, 2.45) is 0 Å². The second-order valence-electron chi connectivity index (χ2n) is 4.93. The van der Waals surface area contributed by atoms with Crippen LogP contribution >= 0.6 is 11.8 Å². The molecule has 1 atom stereocenters. The van der Waals surface area contributed by atoms with E-state index in [9.17, 15) is 0 Å². The molecule has 88 valence electrons. The largest absolute Gasteiger partial charge is 0.501 e. The average molecular weight is 229 g/mol. The van der Waals surface area contributed by atoms with Crippen molar-refractivity contribution in [3.05, 3.63) is 11.8 Å². The summed E-state index contributed by atoms with van der Waals surface area (Å²) in [6, 6.07) is 0.467. The Morgan fingerprint density at radius 3 is 2.73 bits per heavy atom. The monoisotopic (exact) mass is 229 g/mol.